The van der Waals surface area contributed by atoms with Crippen molar-refractivity contribution in [3.05, 3.63) is 228 Å². The number of para-hydroxylation sites is 2. The lowest BCUT2D eigenvalue weighted by Gasteiger charge is -2.27. The molecule has 8 aromatic rings. The van der Waals surface area contributed by atoms with Gasteiger partial charge in [-0.05, 0) is 125 Å². The van der Waals surface area contributed by atoms with Crippen LogP contribution >= 0.6 is 0 Å². The van der Waals surface area contributed by atoms with Gasteiger partial charge in [-0.1, -0.05) is 140 Å². The summed E-state index contributed by atoms with van der Waals surface area (Å²) < 4.78 is 0. The van der Waals surface area contributed by atoms with Gasteiger partial charge in [-0.15, -0.1) is 0 Å². The first-order valence-corrected chi connectivity index (χ1v) is 19.4. The predicted molar refractivity (Wildman–Crippen MR) is 244 cm³/mol. The highest BCUT2D eigenvalue weighted by atomic mass is 15.1. The van der Waals surface area contributed by atoms with E-state index in [0.717, 1.165) is 56.4 Å². The van der Waals surface area contributed by atoms with Crippen molar-refractivity contribution < 1.29 is 0 Å². The summed E-state index contributed by atoms with van der Waals surface area (Å²) in [5.74, 6) is 0. The van der Waals surface area contributed by atoms with Gasteiger partial charge in [-0.2, -0.15) is 5.26 Å². The quantitative estimate of drug-likeness (QED) is 0.106. The molecular formula is C54H42N4. The topological polar surface area (TPSA) is 54.1 Å². The van der Waals surface area contributed by atoms with Gasteiger partial charge >= 0.3 is 0 Å². The van der Waals surface area contributed by atoms with E-state index < -0.39 is 0 Å². The van der Waals surface area contributed by atoms with E-state index in [1.54, 1.807) is 0 Å². The second-order valence-electron chi connectivity index (χ2n) is 14.2. The number of nitrogens with one attached hydrogen (secondary N) is 1. The van der Waals surface area contributed by atoms with Crippen molar-refractivity contribution in [3.8, 4) is 28.3 Å². The zero-order valence-corrected chi connectivity index (χ0v) is 32.5. The fourth-order valence-electron chi connectivity index (χ4n) is 7.47. The molecule has 0 bridgehead atoms. The summed E-state index contributed by atoms with van der Waals surface area (Å²) in [5.41, 5.74) is 16.5. The first-order valence-electron chi connectivity index (χ1n) is 19.4. The summed E-state index contributed by atoms with van der Waals surface area (Å²) in [6, 6.07) is 69.1. The highest BCUT2D eigenvalue weighted by Gasteiger charge is 2.18. The number of hydrogen-bond acceptors (Lipinski definition) is 4. The first kappa shape index (κ1) is 37.2. The molecule has 0 amide bonds. The number of rotatable bonds is 11. The van der Waals surface area contributed by atoms with Crippen LogP contribution in [-0.4, -0.2) is 6.21 Å². The lowest BCUT2D eigenvalue weighted by atomic mass is 10.00. The van der Waals surface area contributed by atoms with Crippen LogP contribution in [0.5, 0.6) is 0 Å². The van der Waals surface area contributed by atoms with Crippen LogP contribution in [0, 0.1) is 30.6 Å². The van der Waals surface area contributed by atoms with Crippen molar-refractivity contribution in [3.63, 3.8) is 0 Å². The first-order chi connectivity index (χ1) is 28.5. The van der Waals surface area contributed by atoms with Crippen molar-refractivity contribution >= 4 is 52.5 Å². The number of nitrogens with zero attached hydrogens (tertiary/aromatic N) is 3. The zero-order chi connectivity index (χ0) is 39.8. The maximum absolute atomic E-state index is 10.1. The standard InChI is InChI=1S/C54H42N4/c1-39-11-3-7-15-51(39)43-25-33-49(34-26-43)57(53-17-9-5-13-45(53)37-55)47-29-21-41(22-30-47)19-20-42-23-31-48(32-24-42)58(54-18-10-6-14-46(54)38-56)50-35-27-44(28-36-50)52-16-8-4-12-40(52)2/h3-37,55H,1-2H3/b20-19+,55-37?. The molecule has 0 heterocycles. The van der Waals surface area contributed by atoms with Gasteiger partial charge in [0.25, 0.3) is 0 Å². The van der Waals surface area contributed by atoms with E-state index in [-0.39, 0.29) is 0 Å². The number of anilines is 6. The molecule has 0 fully saturated rings. The molecule has 0 radical (unpaired) electrons. The molecule has 0 spiro atoms. The molecule has 8 aromatic carbocycles. The molecule has 4 nitrogen and oxygen atoms in total. The summed E-state index contributed by atoms with van der Waals surface area (Å²) in [7, 11) is 0. The van der Waals surface area contributed by atoms with Crippen molar-refractivity contribution in [2.45, 2.75) is 13.8 Å². The van der Waals surface area contributed by atoms with Crippen molar-refractivity contribution in [2.75, 3.05) is 9.80 Å². The van der Waals surface area contributed by atoms with E-state index in [1.807, 2.05) is 42.5 Å². The normalized spacial score (nSPS) is 10.9. The van der Waals surface area contributed by atoms with E-state index in [9.17, 15) is 5.26 Å². The minimum atomic E-state index is 0.608. The van der Waals surface area contributed by atoms with Crippen LogP contribution < -0.4 is 9.80 Å². The van der Waals surface area contributed by atoms with E-state index in [0.29, 0.717) is 5.56 Å². The molecule has 0 aliphatic heterocycles. The summed E-state index contributed by atoms with van der Waals surface area (Å²) in [6.45, 7) is 4.27. The van der Waals surface area contributed by atoms with Gasteiger partial charge < -0.3 is 15.2 Å². The van der Waals surface area contributed by atoms with Crippen molar-refractivity contribution in [1.82, 2.24) is 0 Å². The zero-order valence-electron chi connectivity index (χ0n) is 32.5. The van der Waals surface area contributed by atoms with Crippen LogP contribution in [0.4, 0.5) is 34.1 Å². The van der Waals surface area contributed by atoms with E-state index >= 15 is 0 Å². The fourth-order valence-corrected chi connectivity index (χ4v) is 7.47. The minimum Gasteiger partial charge on any atom is -0.310 e. The molecule has 0 saturated heterocycles. The van der Waals surface area contributed by atoms with Crippen LogP contribution in [0.15, 0.2) is 194 Å². The van der Waals surface area contributed by atoms with Crippen LogP contribution in [0.25, 0.3) is 34.4 Å². The second-order valence-corrected chi connectivity index (χ2v) is 14.2. The molecule has 1 N–H and O–H groups in total. The Kier molecular flexibility index (Phi) is 10.9. The summed E-state index contributed by atoms with van der Waals surface area (Å²) in [4.78, 5) is 4.35. The van der Waals surface area contributed by atoms with Gasteiger partial charge in [0.05, 0.1) is 16.9 Å². The Hall–Kier alpha value is -7.74. The van der Waals surface area contributed by atoms with Gasteiger partial charge in [0.2, 0.25) is 0 Å². The molecule has 58 heavy (non-hydrogen) atoms. The molecule has 0 atom stereocenters. The third kappa shape index (κ3) is 7.84. The lowest BCUT2D eigenvalue weighted by molar-refractivity contribution is 1.27. The number of benzene rings is 8. The number of hydrogen-bond donors (Lipinski definition) is 1. The third-order valence-corrected chi connectivity index (χ3v) is 10.5. The lowest BCUT2D eigenvalue weighted by Crippen LogP contribution is -2.12. The largest absolute Gasteiger partial charge is 0.310 e. The van der Waals surface area contributed by atoms with Crippen molar-refractivity contribution in [2.24, 2.45) is 0 Å². The molecule has 0 unspecified atom stereocenters. The molecular weight excluding hydrogens is 705 g/mol. The Morgan fingerprint density at radius 1 is 0.431 bits per heavy atom. The Balaban J connectivity index is 1.06. The Morgan fingerprint density at radius 2 is 0.810 bits per heavy atom. The van der Waals surface area contributed by atoms with Crippen molar-refractivity contribution in [1.29, 1.82) is 10.7 Å². The van der Waals surface area contributed by atoms with Gasteiger partial charge in [-0.25, -0.2) is 0 Å². The van der Waals surface area contributed by atoms with E-state index in [4.69, 9.17) is 5.41 Å². The summed E-state index contributed by atoms with van der Waals surface area (Å²) in [5, 5.41) is 18.2. The average Bonchev–Trinajstić information content (AvgIpc) is 3.28. The van der Waals surface area contributed by atoms with Crippen LogP contribution in [0.3, 0.4) is 0 Å². The Bertz CT molecular complexity index is 2760. The molecule has 4 heteroatoms. The van der Waals surface area contributed by atoms with E-state index in [1.165, 1.54) is 34.0 Å². The minimum absolute atomic E-state index is 0.608. The number of aryl methyl sites for hydroxylation is 2. The highest BCUT2D eigenvalue weighted by molar-refractivity contribution is 5.92. The Labute approximate surface area is 341 Å². The Morgan fingerprint density at radius 3 is 1.26 bits per heavy atom. The fraction of sp³-hybridized carbons (Fsp3) is 0.0370. The van der Waals surface area contributed by atoms with Gasteiger partial charge in [0.1, 0.15) is 6.07 Å². The maximum Gasteiger partial charge on any atom is 0.101 e. The van der Waals surface area contributed by atoms with Gasteiger partial charge in [-0.3, -0.25) is 0 Å². The predicted octanol–water partition coefficient (Wildman–Crippen LogP) is 14.6. The molecule has 0 aromatic heterocycles. The van der Waals surface area contributed by atoms with E-state index in [2.05, 4.69) is 194 Å². The highest BCUT2D eigenvalue weighted by Crippen LogP contribution is 2.39. The SMILES string of the molecule is Cc1ccccc1-c1ccc(N(c2ccc(/C=C/c3ccc(N(c4ccc(-c5ccccc5C)cc4)c4ccccc4C=N)cc3)cc2)c2ccccc2C#N)cc1. The third-order valence-electron chi connectivity index (χ3n) is 10.5. The van der Waals surface area contributed by atoms with Gasteiger partial charge in [0, 0.05) is 34.5 Å². The van der Waals surface area contributed by atoms with Gasteiger partial charge in [0.15, 0.2) is 0 Å². The molecule has 0 aliphatic rings. The molecule has 0 aliphatic carbocycles. The van der Waals surface area contributed by atoms with Crippen LogP contribution in [-0.2, 0) is 0 Å². The smallest absolute Gasteiger partial charge is 0.101 e. The maximum atomic E-state index is 10.1. The summed E-state index contributed by atoms with van der Waals surface area (Å²) in [6.07, 6.45) is 5.66. The summed E-state index contributed by atoms with van der Waals surface area (Å²) >= 11 is 0. The molecule has 278 valence electrons. The number of nitriles is 1. The van der Waals surface area contributed by atoms with Crippen LogP contribution in [0.2, 0.25) is 0 Å². The average molecular weight is 747 g/mol. The molecule has 0 saturated carbocycles. The second kappa shape index (κ2) is 17.0. The molecule has 8 rings (SSSR count). The van der Waals surface area contributed by atoms with Crippen LogP contribution in [0.1, 0.15) is 33.4 Å². The monoisotopic (exact) mass is 746 g/mol.